The Morgan fingerprint density at radius 2 is 1.11 bits per heavy atom. The normalized spacial score (nSPS) is 14.2. The number of hydrogen-bond donors (Lipinski definition) is 5. The number of nitrogens with two attached hydrogens (primary N) is 1. The summed E-state index contributed by atoms with van der Waals surface area (Å²) in [5.41, 5.74) is 7.26. The van der Waals surface area contributed by atoms with E-state index in [1.54, 1.807) is 24.3 Å². The predicted molar refractivity (Wildman–Crippen MR) is 137 cm³/mol. The van der Waals surface area contributed by atoms with Gasteiger partial charge in [0.25, 0.3) is 0 Å². The summed E-state index contributed by atoms with van der Waals surface area (Å²) < 4.78 is 0. The fraction of sp³-hybridized carbons (Fsp3) is 0.407. The van der Waals surface area contributed by atoms with Crippen molar-refractivity contribution in [2.75, 3.05) is 0 Å². The molecule has 9 nitrogen and oxygen atoms in total. The fourth-order valence-electron chi connectivity index (χ4n) is 3.66. The molecule has 4 atom stereocenters. The van der Waals surface area contributed by atoms with Crippen molar-refractivity contribution in [2.45, 2.75) is 64.2 Å². The monoisotopic (exact) mass is 496 g/mol. The quantitative estimate of drug-likeness (QED) is 0.283. The average molecular weight is 497 g/mol. The van der Waals surface area contributed by atoms with Gasteiger partial charge < -0.3 is 26.8 Å². The molecule has 3 amide bonds. The van der Waals surface area contributed by atoms with E-state index < -0.39 is 47.9 Å². The Kier molecular flexibility index (Phi) is 11.1. The van der Waals surface area contributed by atoms with Crippen LogP contribution < -0.4 is 21.7 Å². The molecule has 0 fully saturated rings. The molecular formula is C27H36N4O5. The lowest BCUT2D eigenvalue weighted by atomic mass is 10.00. The van der Waals surface area contributed by atoms with E-state index >= 15 is 0 Å². The second-order valence-electron chi connectivity index (χ2n) is 9.32. The van der Waals surface area contributed by atoms with Crippen LogP contribution in [0, 0.1) is 5.92 Å². The van der Waals surface area contributed by atoms with E-state index in [1.807, 2.05) is 50.2 Å². The molecule has 0 aliphatic rings. The van der Waals surface area contributed by atoms with Crippen LogP contribution >= 0.6 is 0 Å². The highest BCUT2D eigenvalue weighted by molar-refractivity contribution is 5.94. The summed E-state index contributed by atoms with van der Waals surface area (Å²) in [5, 5.41) is 17.6. The molecule has 0 saturated heterocycles. The molecule has 2 aromatic rings. The Morgan fingerprint density at radius 3 is 1.56 bits per heavy atom. The van der Waals surface area contributed by atoms with Gasteiger partial charge in [0.05, 0.1) is 6.04 Å². The van der Waals surface area contributed by atoms with Crippen molar-refractivity contribution in [2.24, 2.45) is 11.7 Å². The zero-order valence-corrected chi connectivity index (χ0v) is 20.9. The first-order chi connectivity index (χ1) is 17.1. The summed E-state index contributed by atoms with van der Waals surface area (Å²) in [4.78, 5) is 50.5. The Morgan fingerprint density at radius 1 is 0.694 bits per heavy atom. The Labute approximate surface area is 211 Å². The molecular weight excluding hydrogens is 460 g/mol. The maximum Gasteiger partial charge on any atom is 0.326 e. The van der Waals surface area contributed by atoms with Gasteiger partial charge in [-0.3, -0.25) is 14.4 Å². The minimum atomic E-state index is -1.17. The zero-order chi connectivity index (χ0) is 26.7. The van der Waals surface area contributed by atoms with Gasteiger partial charge in [0.2, 0.25) is 17.7 Å². The van der Waals surface area contributed by atoms with Gasteiger partial charge in [0.1, 0.15) is 18.1 Å². The summed E-state index contributed by atoms with van der Waals surface area (Å²) in [5.74, 6) is -2.79. The maximum absolute atomic E-state index is 13.2. The van der Waals surface area contributed by atoms with Gasteiger partial charge in [-0.25, -0.2) is 4.79 Å². The van der Waals surface area contributed by atoms with Crippen molar-refractivity contribution in [1.29, 1.82) is 0 Å². The second-order valence-corrected chi connectivity index (χ2v) is 9.32. The molecule has 0 aromatic heterocycles. The number of nitrogens with one attached hydrogen (secondary N) is 3. The zero-order valence-electron chi connectivity index (χ0n) is 20.9. The van der Waals surface area contributed by atoms with Gasteiger partial charge in [-0.2, -0.15) is 0 Å². The lowest BCUT2D eigenvalue weighted by molar-refractivity contribution is -0.142. The van der Waals surface area contributed by atoms with Crippen molar-refractivity contribution in [3.63, 3.8) is 0 Å². The second kappa shape index (κ2) is 14.0. The van der Waals surface area contributed by atoms with E-state index in [0.29, 0.717) is 0 Å². The van der Waals surface area contributed by atoms with Crippen molar-refractivity contribution >= 4 is 23.7 Å². The van der Waals surface area contributed by atoms with E-state index in [-0.39, 0.29) is 25.2 Å². The summed E-state index contributed by atoms with van der Waals surface area (Å²) in [7, 11) is 0. The number of hydrogen-bond acceptors (Lipinski definition) is 5. The highest BCUT2D eigenvalue weighted by atomic mass is 16.4. The number of aliphatic carboxylic acids is 1. The average Bonchev–Trinajstić information content (AvgIpc) is 2.83. The van der Waals surface area contributed by atoms with Crippen LogP contribution in [0.5, 0.6) is 0 Å². The number of carbonyl (C=O) groups is 4. The third kappa shape index (κ3) is 9.50. The van der Waals surface area contributed by atoms with Gasteiger partial charge in [-0.15, -0.1) is 0 Å². The Hall–Kier alpha value is -3.72. The summed E-state index contributed by atoms with van der Waals surface area (Å²) in [6, 6.07) is 14.2. The smallest absolute Gasteiger partial charge is 0.326 e. The molecule has 2 rings (SSSR count). The fourth-order valence-corrected chi connectivity index (χ4v) is 3.66. The van der Waals surface area contributed by atoms with Crippen molar-refractivity contribution < 1.29 is 24.3 Å². The SMILES string of the molecule is CC(C)CC(NC(=O)C(Cc1ccccc1)NC(=O)C(C)N)C(=O)NC(Cc1ccccc1)C(=O)O. The first kappa shape index (κ1) is 28.5. The number of carboxylic acids is 1. The van der Waals surface area contributed by atoms with Crippen LogP contribution in [0.25, 0.3) is 0 Å². The van der Waals surface area contributed by atoms with Crippen LogP contribution in [-0.4, -0.2) is 53.0 Å². The Balaban J connectivity index is 2.19. The molecule has 0 bridgehead atoms. The van der Waals surface area contributed by atoms with E-state index in [1.165, 1.54) is 6.92 Å². The molecule has 194 valence electrons. The first-order valence-corrected chi connectivity index (χ1v) is 12.0. The minimum Gasteiger partial charge on any atom is -0.480 e. The lowest BCUT2D eigenvalue weighted by Crippen LogP contribution is -2.57. The van der Waals surface area contributed by atoms with Crippen LogP contribution in [0.2, 0.25) is 0 Å². The van der Waals surface area contributed by atoms with Crippen molar-refractivity contribution in [3.8, 4) is 0 Å². The van der Waals surface area contributed by atoms with Crippen molar-refractivity contribution in [3.05, 3.63) is 71.8 Å². The van der Waals surface area contributed by atoms with Crippen LogP contribution in [0.4, 0.5) is 0 Å². The standard InChI is InChI=1S/C27H36N4O5/c1-17(2)14-21(25(33)31-23(27(35)36)16-20-12-8-5-9-13-20)30-26(34)22(29-24(32)18(3)28)15-19-10-6-4-7-11-19/h4-13,17-18,21-23H,14-16,28H2,1-3H3,(H,29,32)(H,30,34)(H,31,33)(H,35,36). The van der Waals surface area contributed by atoms with Crippen LogP contribution in [0.15, 0.2) is 60.7 Å². The lowest BCUT2D eigenvalue weighted by Gasteiger charge is -2.26. The van der Waals surface area contributed by atoms with Gasteiger partial charge in [-0.1, -0.05) is 74.5 Å². The summed E-state index contributed by atoms with van der Waals surface area (Å²) in [6.07, 6.45) is 0.590. The summed E-state index contributed by atoms with van der Waals surface area (Å²) in [6.45, 7) is 5.30. The first-order valence-electron chi connectivity index (χ1n) is 12.0. The topological polar surface area (TPSA) is 151 Å². The van der Waals surface area contributed by atoms with Crippen molar-refractivity contribution in [1.82, 2.24) is 16.0 Å². The predicted octanol–water partition coefficient (Wildman–Crippen LogP) is 1.40. The number of carboxylic acid groups (broad SMARTS) is 1. The van der Waals surface area contributed by atoms with E-state index in [2.05, 4.69) is 16.0 Å². The van der Waals surface area contributed by atoms with Crippen LogP contribution in [-0.2, 0) is 32.0 Å². The van der Waals surface area contributed by atoms with Crippen LogP contribution in [0.3, 0.4) is 0 Å². The number of carbonyl (C=O) groups excluding carboxylic acids is 3. The minimum absolute atomic E-state index is 0.0321. The molecule has 0 aliphatic carbocycles. The summed E-state index contributed by atoms with van der Waals surface area (Å²) >= 11 is 0. The molecule has 0 aliphatic heterocycles. The van der Waals surface area contributed by atoms with E-state index in [9.17, 15) is 24.3 Å². The molecule has 6 N–H and O–H groups in total. The van der Waals surface area contributed by atoms with Gasteiger partial charge >= 0.3 is 5.97 Å². The molecule has 9 heteroatoms. The molecule has 0 heterocycles. The molecule has 0 spiro atoms. The van der Waals surface area contributed by atoms with Gasteiger partial charge in [0.15, 0.2) is 0 Å². The molecule has 2 aromatic carbocycles. The highest BCUT2D eigenvalue weighted by Crippen LogP contribution is 2.10. The molecule has 0 radical (unpaired) electrons. The van der Waals surface area contributed by atoms with E-state index in [4.69, 9.17) is 5.73 Å². The molecule has 36 heavy (non-hydrogen) atoms. The number of amides is 3. The third-order valence-electron chi connectivity index (χ3n) is 5.57. The number of rotatable bonds is 13. The Bertz CT molecular complexity index is 1010. The maximum atomic E-state index is 13.2. The molecule has 4 unspecified atom stereocenters. The number of benzene rings is 2. The van der Waals surface area contributed by atoms with Gasteiger partial charge in [-0.05, 0) is 30.4 Å². The molecule has 0 saturated carbocycles. The largest absolute Gasteiger partial charge is 0.480 e. The van der Waals surface area contributed by atoms with Gasteiger partial charge in [0, 0.05) is 12.8 Å². The highest BCUT2D eigenvalue weighted by Gasteiger charge is 2.30. The van der Waals surface area contributed by atoms with Crippen LogP contribution in [0.1, 0.15) is 38.3 Å². The van der Waals surface area contributed by atoms with E-state index in [0.717, 1.165) is 11.1 Å². The third-order valence-corrected chi connectivity index (χ3v) is 5.57.